The smallest absolute Gasteiger partial charge is 0.244 e. The molecule has 0 aliphatic carbocycles. The monoisotopic (exact) mass is 377 g/mol. The number of aromatic nitrogens is 1. The lowest BCUT2D eigenvalue weighted by Gasteiger charge is -2.49. The van der Waals surface area contributed by atoms with Crippen LogP contribution in [0.5, 0.6) is 0 Å². The van der Waals surface area contributed by atoms with Crippen LogP contribution in [0.25, 0.3) is 10.9 Å². The van der Waals surface area contributed by atoms with Gasteiger partial charge >= 0.3 is 0 Å². The number of anilines is 1. The number of para-hydroxylation sites is 1. The summed E-state index contributed by atoms with van der Waals surface area (Å²) in [4.78, 5) is 20.9. The molecule has 0 bridgehead atoms. The minimum Gasteiger partial charge on any atom is -0.323 e. The van der Waals surface area contributed by atoms with Gasteiger partial charge in [0.25, 0.3) is 0 Å². The molecule has 1 aliphatic heterocycles. The number of nitrogens with one attached hydrogen (secondary N) is 1. The van der Waals surface area contributed by atoms with Crippen LogP contribution in [-0.4, -0.2) is 34.1 Å². The zero-order valence-corrected chi connectivity index (χ0v) is 16.4. The van der Waals surface area contributed by atoms with E-state index in [0.29, 0.717) is 0 Å². The van der Waals surface area contributed by atoms with Gasteiger partial charge in [-0.15, -0.1) is 11.8 Å². The van der Waals surface area contributed by atoms with Crippen LogP contribution in [0.3, 0.4) is 0 Å². The normalized spacial score (nSPS) is 19.6. The molecule has 1 aromatic heterocycles. The van der Waals surface area contributed by atoms with Crippen LogP contribution in [0.1, 0.15) is 18.9 Å². The van der Waals surface area contributed by atoms with Gasteiger partial charge in [-0.2, -0.15) is 0 Å². The fourth-order valence-corrected chi connectivity index (χ4v) is 3.88. The van der Waals surface area contributed by atoms with Gasteiger partial charge in [0.1, 0.15) is 0 Å². The highest BCUT2D eigenvalue weighted by atomic mass is 32.2. The number of nitrogens with zero attached hydrogens (tertiary/aromatic N) is 2. The van der Waals surface area contributed by atoms with Crippen LogP contribution in [0.2, 0.25) is 0 Å². The molecule has 27 heavy (non-hydrogen) atoms. The average Bonchev–Trinajstić information content (AvgIpc) is 2.71. The summed E-state index contributed by atoms with van der Waals surface area (Å²) < 4.78 is 0. The lowest BCUT2D eigenvalue weighted by Crippen LogP contribution is -2.63. The Balaban J connectivity index is 1.46. The Morgan fingerprint density at radius 3 is 2.70 bits per heavy atom. The Morgan fingerprint density at radius 2 is 2.00 bits per heavy atom. The first-order chi connectivity index (χ1) is 13.1. The Labute approximate surface area is 164 Å². The third kappa shape index (κ3) is 3.57. The van der Waals surface area contributed by atoms with Gasteiger partial charge in [0.2, 0.25) is 5.91 Å². The number of likely N-dealkylation sites (tertiary alicyclic amines) is 1. The molecule has 1 aliphatic rings. The van der Waals surface area contributed by atoms with E-state index in [-0.39, 0.29) is 5.91 Å². The van der Waals surface area contributed by atoms with Crippen LogP contribution < -0.4 is 5.32 Å². The topological polar surface area (TPSA) is 45.2 Å². The molecule has 5 heteroatoms. The molecule has 2 heterocycles. The number of carbonyl (C=O) groups excluding carboxylic acids is 1. The van der Waals surface area contributed by atoms with Crippen LogP contribution in [0.15, 0.2) is 65.7 Å². The van der Waals surface area contributed by atoms with Crippen LogP contribution in [0.4, 0.5) is 5.69 Å². The van der Waals surface area contributed by atoms with Crippen molar-refractivity contribution in [2.24, 2.45) is 0 Å². The van der Waals surface area contributed by atoms with Crippen molar-refractivity contribution in [1.82, 2.24) is 9.88 Å². The van der Waals surface area contributed by atoms with Crippen molar-refractivity contribution < 1.29 is 4.79 Å². The maximum Gasteiger partial charge on any atom is 0.244 e. The fraction of sp³-hybridized carbons (Fsp3) is 0.273. The third-order valence-electron chi connectivity index (χ3n) is 5.44. The molecule has 1 amide bonds. The predicted octanol–water partition coefficient (Wildman–Crippen LogP) is 4.56. The first kappa shape index (κ1) is 18.0. The minimum atomic E-state index is -0.482. The number of amides is 1. The number of rotatable bonds is 5. The average molecular weight is 378 g/mol. The van der Waals surface area contributed by atoms with E-state index in [1.165, 1.54) is 10.5 Å². The summed E-state index contributed by atoms with van der Waals surface area (Å²) >= 11 is 1.74. The Kier molecular flexibility index (Phi) is 4.89. The number of hydrogen-bond donors (Lipinski definition) is 1. The fourth-order valence-electron chi connectivity index (χ4n) is 3.47. The second kappa shape index (κ2) is 7.33. The number of fused-ring (bicyclic) bond motifs is 1. The van der Waals surface area contributed by atoms with Gasteiger partial charge in [-0.1, -0.05) is 30.3 Å². The Bertz CT molecular complexity index is 973. The van der Waals surface area contributed by atoms with Gasteiger partial charge < -0.3 is 5.32 Å². The Morgan fingerprint density at radius 1 is 1.22 bits per heavy atom. The summed E-state index contributed by atoms with van der Waals surface area (Å²) in [6, 6.07) is 18.5. The molecule has 138 valence electrons. The lowest BCUT2D eigenvalue weighted by atomic mass is 9.85. The third-order valence-corrected chi connectivity index (χ3v) is 6.18. The second-order valence-corrected chi connectivity index (χ2v) is 8.04. The quantitative estimate of drug-likeness (QED) is 0.662. The number of thioether (sulfide) groups is 1. The van der Waals surface area contributed by atoms with E-state index in [1.807, 2.05) is 37.3 Å². The zero-order valence-electron chi connectivity index (χ0n) is 15.6. The molecule has 4 nitrogen and oxygen atoms in total. The maximum atomic E-state index is 13.0. The molecule has 0 spiro atoms. The van der Waals surface area contributed by atoms with Gasteiger partial charge in [-0.25, -0.2) is 0 Å². The van der Waals surface area contributed by atoms with E-state index >= 15 is 0 Å². The molecule has 0 radical (unpaired) electrons. The second-order valence-electron chi connectivity index (χ2n) is 7.16. The molecule has 1 unspecified atom stereocenters. The van der Waals surface area contributed by atoms with Gasteiger partial charge in [0, 0.05) is 23.4 Å². The van der Waals surface area contributed by atoms with Crippen molar-refractivity contribution in [1.29, 1.82) is 0 Å². The number of hydrogen-bond acceptors (Lipinski definition) is 4. The molecule has 1 N–H and O–H groups in total. The summed E-state index contributed by atoms with van der Waals surface area (Å²) in [7, 11) is 0. The van der Waals surface area contributed by atoms with Gasteiger partial charge in [-0.3, -0.25) is 14.7 Å². The van der Waals surface area contributed by atoms with Crippen molar-refractivity contribution in [2.75, 3.05) is 18.1 Å². The molecule has 2 aromatic carbocycles. The van der Waals surface area contributed by atoms with Crippen molar-refractivity contribution in [3.63, 3.8) is 0 Å². The lowest BCUT2D eigenvalue weighted by molar-refractivity contribution is -0.136. The van der Waals surface area contributed by atoms with Gasteiger partial charge in [-0.05, 0) is 49.4 Å². The SMILES string of the molecule is CSc1ccc(CN2CCC2(C)C(=O)Nc2cnc3ccccc3c2)cc1. The molecule has 4 rings (SSSR count). The van der Waals surface area contributed by atoms with Crippen LogP contribution in [-0.2, 0) is 11.3 Å². The minimum absolute atomic E-state index is 0.0339. The van der Waals surface area contributed by atoms with E-state index < -0.39 is 5.54 Å². The molecule has 1 atom stereocenters. The molecule has 1 fully saturated rings. The summed E-state index contributed by atoms with van der Waals surface area (Å²) in [6.07, 6.45) is 4.67. The Hall–Kier alpha value is -2.37. The molecule has 1 saturated heterocycles. The molecular weight excluding hydrogens is 354 g/mol. The van der Waals surface area contributed by atoms with E-state index in [2.05, 4.69) is 45.7 Å². The highest BCUT2D eigenvalue weighted by molar-refractivity contribution is 7.98. The van der Waals surface area contributed by atoms with Gasteiger partial charge in [0.15, 0.2) is 0 Å². The van der Waals surface area contributed by atoms with E-state index in [9.17, 15) is 4.79 Å². The van der Waals surface area contributed by atoms with Crippen LogP contribution in [0, 0.1) is 0 Å². The number of carbonyl (C=O) groups is 1. The van der Waals surface area contributed by atoms with Crippen molar-refractivity contribution in [3.8, 4) is 0 Å². The summed E-state index contributed by atoms with van der Waals surface area (Å²) in [6.45, 7) is 3.75. The van der Waals surface area contributed by atoms with E-state index in [4.69, 9.17) is 0 Å². The highest BCUT2D eigenvalue weighted by Crippen LogP contribution is 2.33. The highest BCUT2D eigenvalue weighted by Gasteiger charge is 2.46. The summed E-state index contributed by atoms with van der Waals surface area (Å²) in [5.74, 6) is 0.0339. The van der Waals surface area contributed by atoms with Crippen LogP contribution >= 0.6 is 11.8 Å². The zero-order chi connectivity index (χ0) is 18.9. The summed E-state index contributed by atoms with van der Waals surface area (Å²) in [5.41, 5.74) is 2.43. The van der Waals surface area contributed by atoms with Crippen molar-refractivity contribution in [3.05, 3.63) is 66.4 Å². The number of benzene rings is 2. The van der Waals surface area contributed by atoms with E-state index in [1.54, 1.807) is 18.0 Å². The van der Waals surface area contributed by atoms with Crippen molar-refractivity contribution in [2.45, 2.75) is 30.3 Å². The summed E-state index contributed by atoms with van der Waals surface area (Å²) in [5, 5.41) is 4.09. The maximum absolute atomic E-state index is 13.0. The molecular formula is C22H23N3OS. The van der Waals surface area contributed by atoms with Gasteiger partial charge in [0.05, 0.1) is 22.9 Å². The number of pyridine rings is 1. The molecule has 0 saturated carbocycles. The first-order valence-corrected chi connectivity index (χ1v) is 10.4. The molecule has 3 aromatic rings. The predicted molar refractivity (Wildman–Crippen MR) is 112 cm³/mol. The van der Waals surface area contributed by atoms with Crippen molar-refractivity contribution >= 4 is 34.3 Å². The first-order valence-electron chi connectivity index (χ1n) is 9.13. The van der Waals surface area contributed by atoms with E-state index in [0.717, 1.165) is 36.1 Å². The standard InChI is InChI=1S/C22H23N3OS/c1-22(11-12-25(22)15-16-7-9-19(27-2)10-8-16)21(26)24-18-13-17-5-3-4-6-20(17)23-14-18/h3-10,13-14H,11-12,15H2,1-2H3,(H,24,26). The largest absolute Gasteiger partial charge is 0.323 e.